The lowest BCUT2D eigenvalue weighted by molar-refractivity contribution is 0.178. The Bertz CT molecular complexity index is 540. The fraction of sp³-hybridized carbons (Fsp3) is 0.467. The Balaban J connectivity index is 1.59. The lowest BCUT2D eigenvalue weighted by Crippen LogP contribution is -2.42. The van der Waals surface area contributed by atoms with Gasteiger partial charge >= 0.3 is 0 Å². The third kappa shape index (κ3) is 3.43. The number of piperidine rings is 1. The van der Waals surface area contributed by atoms with Crippen LogP contribution in [0, 0.1) is 0 Å². The molecule has 106 valence electrons. The van der Waals surface area contributed by atoms with Crippen LogP contribution in [-0.4, -0.2) is 34.2 Å². The molecule has 1 unspecified atom stereocenters. The van der Waals surface area contributed by atoms with Gasteiger partial charge in [0.2, 0.25) is 5.89 Å². The number of nitrogens with zero attached hydrogens (tertiary/aromatic N) is 3. The number of nitrogens with two attached hydrogens (primary N) is 1. The zero-order chi connectivity index (χ0) is 13.8. The molecule has 0 bridgehead atoms. The van der Waals surface area contributed by atoms with Gasteiger partial charge in [0.25, 0.3) is 0 Å². The minimum Gasteiger partial charge on any atom is -0.338 e. The van der Waals surface area contributed by atoms with Crippen LogP contribution in [0.5, 0.6) is 0 Å². The van der Waals surface area contributed by atoms with Gasteiger partial charge < -0.3 is 10.3 Å². The maximum Gasteiger partial charge on any atom is 0.240 e. The molecule has 0 amide bonds. The molecule has 1 fully saturated rings. The van der Waals surface area contributed by atoms with E-state index in [2.05, 4.69) is 27.2 Å². The Morgan fingerprint density at radius 1 is 1.30 bits per heavy atom. The molecule has 3 rings (SSSR count). The fourth-order valence-electron chi connectivity index (χ4n) is 2.63. The van der Waals surface area contributed by atoms with Gasteiger partial charge in [-0.25, -0.2) is 0 Å². The van der Waals surface area contributed by atoms with Gasteiger partial charge in [-0.2, -0.15) is 4.98 Å². The summed E-state index contributed by atoms with van der Waals surface area (Å²) in [6.07, 6.45) is 2.97. The van der Waals surface area contributed by atoms with E-state index in [1.807, 2.05) is 18.2 Å². The van der Waals surface area contributed by atoms with E-state index in [0.717, 1.165) is 31.8 Å². The second-order valence-electron chi connectivity index (χ2n) is 5.40. The average Bonchev–Trinajstić information content (AvgIpc) is 2.87. The maximum atomic E-state index is 5.98. The standard InChI is InChI=1S/C15H20N4O/c16-13-7-4-8-19(10-13)11-15-17-14(18-20-15)9-12-5-2-1-3-6-12/h1-3,5-6,13H,4,7-11,16H2. The van der Waals surface area contributed by atoms with Crippen molar-refractivity contribution in [2.75, 3.05) is 13.1 Å². The molecule has 2 N–H and O–H groups in total. The Morgan fingerprint density at radius 2 is 2.15 bits per heavy atom. The zero-order valence-corrected chi connectivity index (χ0v) is 11.5. The average molecular weight is 272 g/mol. The second-order valence-corrected chi connectivity index (χ2v) is 5.40. The number of rotatable bonds is 4. The normalized spacial score (nSPS) is 20.1. The van der Waals surface area contributed by atoms with Crippen molar-refractivity contribution in [3.63, 3.8) is 0 Å². The molecule has 1 aliphatic heterocycles. The molecule has 5 nitrogen and oxygen atoms in total. The van der Waals surface area contributed by atoms with Crippen molar-refractivity contribution in [2.45, 2.75) is 31.8 Å². The van der Waals surface area contributed by atoms with Crippen molar-refractivity contribution >= 4 is 0 Å². The van der Waals surface area contributed by atoms with Crippen LogP contribution in [0.2, 0.25) is 0 Å². The minimum absolute atomic E-state index is 0.274. The summed E-state index contributed by atoms with van der Waals surface area (Å²) in [5.41, 5.74) is 7.17. The quantitative estimate of drug-likeness (QED) is 0.915. The van der Waals surface area contributed by atoms with Crippen LogP contribution in [-0.2, 0) is 13.0 Å². The summed E-state index contributed by atoms with van der Waals surface area (Å²) in [6, 6.07) is 10.5. The molecule has 5 heteroatoms. The molecular formula is C15H20N4O. The van der Waals surface area contributed by atoms with E-state index in [1.54, 1.807) is 0 Å². The highest BCUT2D eigenvalue weighted by Crippen LogP contribution is 2.12. The third-order valence-electron chi connectivity index (χ3n) is 3.62. The van der Waals surface area contributed by atoms with Crippen molar-refractivity contribution < 1.29 is 4.52 Å². The van der Waals surface area contributed by atoms with E-state index >= 15 is 0 Å². The summed E-state index contributed by atoms with van der Waals surface area (Å²) in [4.78, 5) is 6.75. The van der Waals surface area contributed by atoms with Gasteiger partial charge in [-0.3, -0.25) is 4.90 Å². The van der Waals surface area contributed by atoms with Gasteiger partial charge in [0.15, 0.2) is 5.82 Å². The Hall–Kier alpha value is -1.72. The van der Waals surface area contributed by atoms with Crippen LogP contribution in [0.15, 0.2) is 34.9 Å². The zero-order valence-electron chi connectivity index (χ0n) is 11.5. The molecule has 0 aliphatic carbocycles. The second kappa shape index (κ2) is 6.15. The first kappa shape index (κ1) is 13.3. The number of aromatic nitrogens is 2. The lowest BCUT2D eigenvalue weighted by Gasteiger charge is -2.29. The van der Waals surface area contributed by atoms with Gasteiger partial charge in [0.05, 0.1) is 6.54 Å². The highest BCUT2D eigenvalue weighted by Gasteiger charge is 2.19. The molecular weight excluding hydrogens is 252 g/mol. The highest BCUT2D eigenvalue weighted by molar-refractivity contribution is 5.18. The lowest BCUT2D eigenvalue weighted by atomic mass is 10.1. The van der Waals surface area contributed by atoms with E-state index in [0.29, 0.717) is 18.9 Å². The van der Waals surface area contributed by atoms with Crippen LogP contribution >= 0.6 is 0 Å². The Morgan fingerprint density at radius 3 is 2.95 bits per heavy atom. The Kier molecular flexibility index (Phi) is 4.08. The third-order valence-corrected chi connectivity index (χ3v) is 3.62. The van der Waals surface area contributed by atoms with E-state index in [4.69, 9.17) is 10.3 Å². The summed E-state index contributed by atoms with van der Waals surface area (Å²) in [6.45, 7) is 2.68. The van der Waals surface area contributed by atoms with E-state index in [-0.39, 0.29) is 6.04 Å². The molecule has 1 atom stereocenters. The van der Waals surface area contributed by atoms with Crippen molar-refractivity contribution in [3.05, 3.63) is 47.6 Å². The monoisotopic (exact) mass is 272 g/mol. The van der Waals surface area contributed by atoms with Crippen LogP contribution in [0.1, 0.15) is 30.1 Å². The van der Waals surface area contributed by atoms with Gasteiger partial charge in [-0.15, -0.1) is 0 Å². The Labute approximate surface area is 118 Å². The highest BCUT2D eigenvalue weighted by atomic mass is 16.5. The van der Waals surface area contributed by atoms with Crippen molar-refractivity contribution in [1.82, 2.24) is 15.0 Å². The first-order valence-electron chi connectivity index (χ1n) is 7.13. The SMILES string of the molecule is NC1CCCN(Cc2nc(Cc3ccccc3)no2)C1. The number of benzene rings is 1. The predicted octanol–water partition coefficient (Wildman–Crippen LogP) is 1.58. The summed E-state index contributed by atoms with van der Waals surface area (Å²) < 4.78 is 5.33. The van der Waals surface area contributed by atoms with Crippen LogP contribution in [0.25, 0.3) is 0 Å². The number of hydrogen-bond acceptors (Lipinski definition) is 5. The number of hydrogen-bond donors (Lipinski definition) is 1. The molecule has 2 aromatic rings. The molecule has 0 saturated carbocycles. The molecule has 0 spiro atoms. The number of likely N-dealkylation sites (tertiary alicyclic amines) is 1. The first-order valence-corrected chi connectivity index (χ1v) is 7.13. The molecule has 1 aromatic carbocycles. The van der Waals surface area contributed by atoms with Crippen LogP contribution in [0.3, 0.4) is 0 Å². The smallest absolute Gasteiger partial charge is 0.240 e. The van der Waals surface area contributed by atoms with E-state index in [1.165, 1.54) is 5.56 Å². The van der Waals surface area contributed by atoms with E-state index in [9.17, 15) is 0 Å². The molecule has 1 aliphatic rings. The van der Waals surface area contributed by atoms with Gasteiger partial charge in [0, 0.05) is 19.0 Å². The first-order chi connectivity index (χ1) is 9.79. The van der Waals surface area contributed by atoms with Crippen molar-refractivity contribution in [1.29, 1.82) is 0 Å². The van der Waals surface area contributed by atoms with Crippen molar-refractivity contribution in [3.8, 4) is 0 Å². The largest absolute Gasteiger partial charge is 0.338 e. The van der Waals surface area contributed by atoms with Gasteiger partial charge in [0.1, 0.15) is 0 Å². The fourth-order valence-corrected chi connectivity index (χ4v) is 2.63. The van der Waals surface area contributed by atoms with Crippen molar-refractivity contribution in [2.24, 2.45) is 5.73 Å². The molecule has 1 aromatic heterocycles. The maximum absolute atomic E-state index is 5.98. The molecule has 1 saturated heterocycles. The topological polar surface area (TPSA) is 68.2 Å². The molecule has 0 radical (unpaired) electrons. The summed E-state index contributed by atoms with van der Waals surface area (Å²) in [5, 5.41) is 4.05. The van der Waals surface area contributed by atoms with Crippen LogP contribution < -0.4 is 5.73 Å². The summed E-state index contributed by atoms with van der Waals surface area (Å²) in [7, 11) is 0. The molecule has 2 heterocycles. The molecule has 20 heavy (non-hydrogen) atoms. The predicted molar refractivity (Wildman–Crippen MR) is 76.0 cm³/mol. The van der Waals surface area contributed by atoms with Crippen LogP contribution in [0.4, 0.5) is 0 Å². The minimum atomic E-state index is 0.274. The van der Waals surface area contributed by atoms with Gasteiger partial charge in [-0.05, 0) is 24.9 Å². The van der Waals surface area contributed by atoms with E-state index < -0.39 is 0 Å². The summed E-state index contributed by atoms with van der Waals surface area (Å²) in [5.74, 6) is 1.43. The van der Waals surface area contributed by atoms with Gasteiger partial charge in [-0.1, -0.05) is 35.5 Å². The summed E-state index contributed by atoms with van der Waals surface area (Å²) >= 11 is 0.